The number of hydrogen-bond donors (Lipinski definition) is 2. The highest BCUT2D eigenvalue weighted by atomic mass is 16.3. The summed E-state index contributed by atoms with van der Waals surface area (Å²) in [5.74, 6) is 1.20. The van der Waals surface area contributed by atoms with Crippen molar-refractivity contribution in [3.63, 3.8) is 0 Å². The lowest BCUT2D eigenvalue weighted by Crippen LogP contribution is -2.62. The van der Waals surface area contributed by atoms with Crippen molar-refractivity contribution in [1.82, 2.24) is 0 Å². The van der Waals surface area contributed by atoms with E-state index in [0.29, 0.717) is 18.1 Å². The maximum Gasteiger partial charge on any atom is 0.142 e. The zero-order valence-corrected chi connectivity index (χ0v) is 17.4. The van der Waals surface area contributed by atoms with Gasteiger partial charge in [-0.2, -0.15) is 0 Å². The van der Waals surface area contributed by atoms with Gasteiger partial charge in [0.2, 0.25) is 0 Å². The van der Waals surface area contributed by atoms with Gasteiger partial charge in [0.1, 0.15) is 5.78 Å². The van der Waals surface area contributed by atoms with Crippen LogP contribution in [0.4, 0.5) is 0 Å². The number of hydrogen-bond acceptors (Lipinski definition) is 3. The second kappa shape index (κ2) is 9.22. The first-order valence-electron chi connectivity index (χ1n) is 11.6. The monoisotopic (exact) mass is 376 g/mol. The minimum absolute atomic E-state index is 0.0239. The predicted octanol–water partition coefficient (Wildman–Crippen LogP) is 5.05. The topological polar surface area (TPSA) is 57.5 Å². The Balaban J connectivity index is 1.66. The molecule has 0 aliphatic heterocycles. The van der Waals surface area contributed by atoms with Crippen LogP contribution in [0, 0.1) is 29.1 Å². The largest absolute Gasteiger partial charge is 0.393 e. The molecule has 0 spiro atoms. The van der Waals surface area contributed by atoms with Crippen LogP contribution in [-0.2, 0) is 4.79 Å². The highest BCUT2D eigenvalue weighted by Gasteiger charge is 2.62. The summed E-state index contributed by atoms with van der Waals surface area (Å²) in [6.45, 7) is 4.33. The Bertz CT molecular complexity index is 522. The zero-order valence-electron chi connectivity index (χ0n) is 17.4. The molecule has 0 saturated heterocycles. The van der Waals surface area contributed by atoms with E-state index in [2.05, 4.69) is 19.9 Å². The second-order valence-corrected chi connectivity index (χ2v) is 9.72. The molecule has 0 aromatic rings. The van der Waals surface area contributed by atoms with Gasteiger partial charge in [-0.25, -0.2) is 0 Å². The summed E-state index contributed by atoms with van der Waals surface area (Å²) in [7, 11) is 0. The lowest BCUT2D eigenvalue weighted by molar-refractivity contribution is -0.173. The molecule has 1 unspecified atom stereocenters. The number of unbranched alkanes of at least 4 members (excludes halogenated alkanes) is 3. The van der Waals surface area contributed by atoms with Crippen LogP contribution in [0.15, 0.2) is 12.2 Å². The molecule has 0 radical (unpaired) electrons. The molecule has 3 heteroatoms. The van der Waals surface area contributed by atoms with Crippen LogP contribution >= 0.6 is 0 Å². The number of aliphatic hydroxyl groups is 2. The van der Waals surface area contributed by atoms with Gasteiger partial charge in [-0.3, -0.25) is 4.79 Å². The minimum atomic E-state index is -0.399. The van der Waals surface area contributed by atoms with E-state index in [4.69, 9.17) is 0 Å². The molecule has 154 valence electrons. The van der Waals surface area contributed by atoms with Crippen LogP contribution in [-0.4, -0.2) is 28.2 Å². The number of carbonyl (C=O) groups is 1. The average Bonchev–Trinajstić information content (AvgIpc) is 2.69. The standard InChI is InChI=1S/C24H40O3/c1-3-4-5-9-12-19-22-18(21(26)15-16-24(22,2)23(19)27)13-14-20(25)17-10-7-6-8-11-17/h13-14,17-22,25-26H,3-12,15-16H2,1-2H3/t18-,19?,20+,21+,22-,24-/m0/s1. The fourth-order valence-corrected chi connectivity index (χ4v) is 6.19. The molecule has 0 amide bonds. The normalized spacial score (nSPS) is 38.6. The van der Waals surface area contributed by atoms with Crippen LogP contribution in [0.3, 0.4) is 0 Å². The number of Topliss-reactive ketones (excluding diaryl/α,β-unsaturated/α-hetero) is 1. The van der Waals surface area contributed by atoms with Crippen LogP contribution in [0.2, 0.25) is 0 Å². The van der Waals surface area contributed by atoms with Gasteiger partial charge in [0.25, 0.3) is 0 Å². The third-order valence-corrected chi connectivity index (χ3v) is 7.92. The molecule has 3 saturated carbocycles. The first-order valence-corrected chi connectivity index (χ1v) is 11.6. The SMILES string of the molecule is CCCCCCC1C(=O)[C@@]2(C)CC[C@@H](O)[C@H](C=C[C@@H](O)C3CCCCC3)[C@@H]12. The summed E-state index contributed by atoms with van der Waals surface area (Å²) >= 11 is 0. The Morgan fingerprint density at radius 2 is 1.89 bits per heavy atom. The molecule has 3 fully saturated rings. The van der Waals surface area contributed by atoms with Crippen LogP contribution in [0.25, 0.3) is 0 Å². The van der Waals surface area contributed by atoms with Crippen molar-refractivity contribution in [2.24, 2.45) is 29.1 Å². The molecular weight excluding hydrogens is 336 g/mol. The molecule has 0 bridgehead atoms. The van der Waals surface area contributed by atoms with E-state index in [9.17, 15) is 15.0 Å². The number of rotatable bonds is 8. The lowest BCUT2D eigenvalue weighted by Gasteiger charge is -2.58. The van der Waals surface area contributed by atoms with Crippen molar-refractivity contribution in [1.29, 1.82) is 0 Å². The molecule has 3 aliphatic carbocycles. The molecule has 2 N–H and O–H groups in total. The highest BCUT2D eigenvalue weighted by molar-refractivity contribution is 5.94. The van der Waals surface area contributed by atoms with Crippen LogP contribution in [0.5, 0.6) is 0 Å². The average molecular weight is 377 g/mol. The summed E-state index contributed by atoms with van der Waals surface area (Å²) < 4.78 is 0. The Kier molecular flexibility index (Phi) is 7.19. The summed E-state index contributed by atoms with van der Waals surface area (Å²) in [5.41, 5.74) is -0.251. The van der Waals surface area contributed by atoms with Crippen molar-refractivity contribution in [3.05, 3.63) is 12.2 Å². The first kappa shape index (κ1) is 21.0. The van der Waals surface area contributed by atoms with Crippen molar-refractivity contribution in [2.75, 3.05) is 0 Å². The maximum atomic E-state index is 12.9. The van der Waals surface area contributed by atoms with Gasteiger partial charge >= 0.3 is 0 Å². The number of aliphatic hydroxyl groups excluding tert-OH is 2. The van der Waals surface area contributed by atoms with E-state index in [1.54, 1.807) is 0 Å². The van der Waals surface area contributed by atoms with E-state index in [0.717, 1.165) is 32.1 Å². The Labute approximate surface area is 165 Å². The molecule has 0 aromatic carbocycles. The quantitative estimate of drug-likeness (QED) is 0.460. The summed E-state index contributed by atoms with van der Waals surface area (Å²) in [5, 5.41) is 21.3. The third kappa shape index (κ3) is 4.34. The smallest absolute Gasteiger partial charge is 0.142 e. The van der Waals surface area contributed by atoms with Crippen molar-refractivity contribution in [2.45, 2.75) is 103 Å². The predicted molar refractivity (Wildman–Crippen MR) is 109 cm³/mol. The van der Waals surface area contributed by atoms with E-state index < -0.39 is 6.10 Å². The van der Waals surface area contributed by atoms with Crippen molar-refractivity contribution < 1.29 is 15.0 Å². The van der Waals surface area contributed by atoms with E-state index in [1.807, 2.05) is 6.08 Å². The van der Waals surface area contributed by atoms with Gasteiger partial charge in [0.05, 0.1) is 12.2 Å². The van der Waals surface area contributed by atoms with Gasteiger partial charge in [0, 0.05) is 17.3 Å². The second-order valence-electron chi connectivity index (χ2n) is 9.72. The molecule has 3 nitrogen and oxygen atoms in total. The fourth-order valence-electron chi connectivity index (χ4n) is 6.19. The molecule has 0 aromatic heterocycles. The summed E-state index contributed by atoms with van der Waals surface area (Å²) in [6.07, 6.45) is 16.5. The molecular formula is C24H40O3. The minimum Gasteiger partial charge on any atom is -0.393 e. The lowest BCUT2D eigenvalue weighted by atomic mass is 9.44. The third-order valence-electron chi connectivity index (χ3n) is 7.92. The van der Waals surface area contributed by atoms with Crippen molar-refractivity contribution >= 4 is 5.78 Å². The van der Waals surface area contributed by atoms with Crippen LogP contribution in [0.1, 0.15) is 90.9 Å². The van der Waals surface area contributed by atoms with Gasteiger partial charge < -0.3 is 10.2 Å². The van der Waals surface area contributed by atoms with Gasteiger partial charge in [-0.15, -0.1) is 0 Å². The molecule has 0 heterocycles. The van der Waals surface area contributed by atoms with E-state index >= 15 is 0 Å². The Morgan fingerprint density at radius 3 is 2.59 bits per heavy atom. The van der Waals surface area contributed by atoms with Gasteiger partial charge in [-0.1, -0.05) is 70.9 Å². The van der Waals surface area contributed by atoms with Crippen molar-refractivity contribution in [3.8, 4) is 0 Å². The van der Waals surface area contributed by atoms with Gasteiger partial charge in [0.15, 0.2) is 0 Å². The fraction of sp³-hybridized carbons (Fsp3) is 0.875. The maximum absolute atomic E-state index is 12.9. The van der Waals surface area contributed by atoms with Crippen LogP contribution < -0.4 is 0 Å². The van der Waals surface area contributed by atoms with E-state index in [1.165, 1.54) is 38.5 Å². The molecule has 6 atom stereocenters. The number of ketones is 1. The Morgan fingerprint density at radius 1 is 1.15 bits per heavy atom. The summed E-state index contributed by atoms with van der Waals surface area (Å²) in [6, 6.07) is 0. The van der Waals surface area contributed by atoms with E-state index in [-0.39, 0.29) is 29.3 Å². The molecule has 3 aliphatic rings. The summed E-state index contributed by atoms with van der Waals surface area (Å²) in [4.78, 5) is 12.9. The Hall–Kier alpha value is -0.670. The number of carbonyl (C=O) groups excluding carboxylic acids is 1. The number of fused-ring (bicyclic) bond motifs is 1. The first-order chi connectivity index (χ1) is 13.0. The molecule has 3 rings (SSSR count). The molecule has 27 heavy (non-hydrogen) atoms. The highest BCUT2D eigenvalue weighted by Crippen LogP contribution is 2.60. The zero-order chi connectivity index (χ0) is 19.4. The van der Waals surface area contributed by atoms with Gasteiger partial charge in [-0.05, 0) is 43.9 Å².